The van der Waals surface area contributed by atoms with Crippen molar-refractivity contribution in [2.75, 3.05) is 18.0 Å². The van der Waals surface area contributed by atoms with Gasteiger partial charge in [-0.1, -0.05) is 13.8 Å². The zero-order valence-electron chi connectivity index (χ0n) is 12.7. The van der Waals surface area contributed by atoms with Crippen molar-refractivity contribution >= 4 is 28.0 Å². The molecule has 4 nitrogen and oxygen atoms in total. The topological polar surface area (TPSA) is 38.2 Å². The van der Waals surface area contributed by atoms with Gasteiger partial charge < -0.3 is 9.64 Å². The van der Waals surface area contributed by atoms with Gasteiger partial charge >= 0.3 is 0 Å². The second-order valence-corrected chi connectivity index (χ2v) is 7.50. The summed E-state index contributed by atoms with van der Waals surface area (Å²) in [6.45, 7) is 8.27. The molecule has 3 heterocycles. The number of hydrogen-bond donors (Lipinski definition) is 0. The first kappa shape index (κ1) is 14.9. The van der Waals surface area contributed by atoms with Crippen LogP contribution in [0.5, 0.6) is 0 Å². The molecule has 0 radical (unpaired) electrons. The molecule has 0 amide bonds. The second-order valence-electron chi connectivity index (χ2n) is 5.99. The number of hydrogen-bond acceptors (Lipinski definition) is 6. The summed E-state index contributed by atoms with van der Waals surface area (Å²) in [5, 5.41) is 5.31. The van der Waals surface area contributed by atoms with Crippen molar-refractivity contribution in [2.24, 2.45) is 5.92 Å². The molecule has 3 rings (SSSR count). The van der Waals surface area contributed by atoms with E-state index in [-0.39, 0.29) is 12.2 Å². The molecule has 21 heavy (non-hydrogen) atoms. The first-order chi connectivity index (χ1) is 10.1. The molecule has 0 spiro atoms. The van der Waals surface area contributed by atoms with Gasteiger partial charge in [0.2, 0.25) is 5.13 Å². The highest BCUT2D eigenvalue weighted by Gasteiger charge is 2.28. The highest BCUT2D eigenvalue weighted by atomic mass is 32.1. The number of rotatable bonds is 4. The van der Waals surface area contributed by atoms with E-state index in [1.807, 2.05) is 0 Å². The highest BCUT2D eigenvalue weighted by molar-refractivity contribution is 7.09. The Kier molecular flexibility index (Phi) is 4.57. The minimum Gasteiger partial charge on any atom is -0.367 e. The molecule has 1 saturated heterocycles. The third kappa shape index (κ3) is 3.62. The maximum absolute atomic E-state index is 6.08. The maximum atomic E-state index is 6.08. The predicted molar refractivity (Wildman–Crippen MR) is 88.3 cm³/mol. The van der Waals surface area contributed by atoms with Gasteiger partial charge in [0.15, 0.2) is 0 Å². The Morgan fingerprint density at radius 1 is 1.43 bits per heavy atom. The zero-order chi connectivity index (χ0) is 14.8. The first-order valence-electron chi connectivity index (χ1n) is 7.37. The van der Waals surface area contributed by atoms with Crippen LogP contribution in [0.15, 0.2) is 16.8 Å². The van der Waals surface area contributed by atoms with E-state index in [9.17, 15) is 0 Å². The summed E-state index contributed by atoms with van der Waals surface area (Å²) >= 11 is 3.23. The Morgan fingerprint density at radius 2 is 2.29 bits per heavy atom. The largest absolute Gasteiger partial charge is 0.367 e. The molecule has 114 valence electrons. The lowest BCUT2D eigenvalue weighted by molar-refractivity contribution is -0.0171. The van der Waals surface area contributed by atoms with Crippen LogP contribution >= 0.6 is 22.9 Å². The van der Waals surface area contributed by atoms with E-state index < -0.39 is 0 Å². The molecule has 0 aromatic carbocycles. The lowest BCUT2D eigenvalue weighted by Crippen LogP contribution is -2.42. The maximum Gasteiger partial charge on any atom is 0.205 e. The molecule has 2 unspecified atom stereocenters. The van der Waals surface area contributed by atoms with E-state index in [1.165, 1.54) is 17.1 Å². The van der Waals surface area contributed by atoms with Crippen molar-refractivity contribution < 1.29 is 4.74 Å². The Balaban J connectivity index is 1.73. The van der Waals surface area contributed by atoms with Crippen LogP contribution in [0.2, 0.25) is 0 Å². The summed E-state index contributed by atoms with van der Waals surface area (Å²) in [6.07, 6.45) is 1.29. The van der Waals surface area contributed by atoms with E-state index in [1.54, 1.807) is 11.3 Å². The average molecular weight is 323 g/mol. The number of anilines is 1. The number of aromatic nitrogens is 2. The molecule has 2 aromatic rings. The van der Waals surface area contributed by atoms with E-state index in [2.05, 4.69) is 46.9 Å². The quantitative estimate of drug-likeness (QED) is 0.858. The van der Waals surface area contributed by atoms with Gasteiger partial charge in [0.1, 0.15) is 11.9 Å². The van der Waals surface area contributed by atoms with Gasteiger partial charge in [-0.3, -0.25) is 0 Å². The van der Waals surface area contributed by atoms with Crippen LogP contribution in [0.3, 0.4) is 0 Å². The summed E-state index contributed by atoms with van der Waals surface area (Å²) < 4.78 is 10.6. The minimum absolute atomic E-state index is 0.137. The summed E-state index contributed by atoms with van der Waals surface area (Å²) in [6, 6.07) is 2.15. The van der Waals surface area contributed by atoms with Gasteiger partial charge in [0.25, 0.3) is 0 Å². The molecule has 2 atom stereocenters. The molecule has 0 bridgehead atoms. The molecule has 6 heteroatoms. The molecule has 1 aliphatic rings. The Hall–Kier alpha value is -0.980. The van der Waals surface area contributed by atoms with Crippen molar-refractivity contribution in [2.45, 2.75) is 39.4 Å². The van der Waals surface area contributed by atoms with Crippen molar-refractivity contribution in [3.8, 4) is 0 Å². The normalized spacial score (nSPS) is 23.0. The predicted octanol–water partition coefficient (Wildman–Crippen LogP) is 3.76. The van der Waals surface area contributed by atoms with Crippen LogP contribution in [0.1, 0.15) is 38.3 Å². The third-order valence-electron chi connectivity index (χ3n) is 3.49. The fourth-order valence-corrected chi connectivity index (χ4v) is 3.99. The highest BCUT2D eigenvalue weighted by Crippen LogP contribution is 2.30. The lowest BCUT2D eigenvalue weighted by atomic mass is 10.1. The number of ether oxygens (including phenoxy) is 1. The van der Waals surface area contributed by atoms with Crippen molar-refractivity contribution in [3.63, 3.8) is 0 Å². The minimum atomic E-state index is 0.137. The summed E-state index contributed by atoms with van der Waals surface area (Å²) in [5.74, 6) is 1.56. The average Bonchev–Trinajstić information content (AvgIpc) is 3.08. The van der Waals surface area contributed by atoms with Crippen molar-refractivity contribution in [3.05, 3.63) is 28.2 Å². The molecular formula is C15H21N3OS2. The van der Waals surface area contributed by atoms with Crippen LogP contribution in [-0.4, -0.2) is 28.6 Å². The molecule has 0 N–H and O–H groups in total. The van der Waals surface area contributed by atoms with Gasteiger partial charge in [-0.2, -0.15) is 15.7 Å². The van der Waals surface area contributed by atoms with Crippen LogP contribution in [0, 0.1) is 5.92 Å². The summed E-state index contributed by atoms with van der Waals surface area (Å²) in [7, 11) is 0. The van der Waals surface area contributed by atoms with Crippen LogP contribution in [0.4, 0.5) is 5.13 Å². The second kappa shape index (κ2) is 6.42. The summed E-state index contributed by atoms with van der Waals surface area (Å²) in [4.78, 5) is 7.02. The fourth-order valence-electron chi connectivity index (χ4n) is 2.57. The molecule has 0 saturated carbocycles. The van der Waals surface area contributed by atoms with Crippen LogP contribution in [0.25, 0.3) is 0 Å². The van der Waals surface area contributed by atoms with Crippen LogP contribution < -0.4 is 4.90 Å². The first-order valence-corrected chi connectivity index (χ1v) is 9.08. The number of nitrogens with zero attached hydrogens (tertiary/aromatic N) is 3. The zero-order valence-corrected chi connectivity index (χ0v) is 14.3. The Morgan fingerprint density at radius 3 is 3.00 bits per heavy atom. The Bertz CT molecular complexity index is 567. The molecule has 1 fully saturated rings. The fraction of sp³-hybridized carbons (Fsp3) is 0.600. The van der Waals surface area contributed by atoms with Crippen molar-refractivity contribution in [1.29, 1.82) is 0 Å². The van der Waals surface area contributed by atoms with Crippen LogP contribution in [-0.2, 0) is 11.2 Å². The van der Waals surface area contributed by atoms with Gasteiger partial charge in [-0.25, -0.2) is 4.98 Å². The van der Waals surface area contributed by atoms with Gasteiger partial charge in [-0.05, 0) is 35.2 Å². The van der Waals surface area contributed by atoms with Crippen molar-refractivity contribution in [1.82, 2.24) is 9.36 Å². The van der Waals surface area contributed by atoms with E-state index in [0.717, 1.165) is 30.5 Å². The van der Waals surface area contributed by atoms with Gasteiger partial charge in [-0.15, -0.1) is 0 Å². The SMILES string of the molecule is CC(C)Cc1nsc(N2CC(C)OC(c3ccsc3)C2)n1. The van der Waals surface area contributed by atoms with E-state index in [4.69, 9.17) is 9.72 Å². The molecule has 0 aliphatic carbocycles. The lowest BCUT2D eigenvalue weighted by Gasteiger charge is -2.36. The van der Waals surface area contributed by atoms with Gasteiger partial charge in [0, 0.05) is 24.5 Å². The standard InChI is InChI=1S/C15H21N3OS2/c1-10(2)6-14-16-15(21-17-14)18-7-11(3)19-13(8-18)12-4-5-20-9-12/h4-5,9-11,13H,6-8H2,1-3H3. The number of morpholine rings is 1. The number of thiophene rings is 1. The van der Waals surface area contributed by atoms with E-state index >= 15 is 0 Å². The Labute approximate surface area is 134 Å². The monoisotopic (exact) mass is 323 g/mol. The van der Waals surface area contributed by atoms with Gasteiger partial charge in [0.05, 0.1) is 12.6 Å². The molecular weight excluding hydrogens is 302 g/mol. The smallest absolute Gasteiger partial charge is 0.205 e. The third-order valence-corrected chi connectivity index (χ3v) is 5.01. The molecule has 2 aromatic heterocycles. The molecule has 1 aliphatic heterocycles. The summed E-state index contributed by atoms with van der Waals surface area (Å²) in [5.41, 5.74) is 1.27. The van der Waals surface area contributed by atoms with E-state index in [0.29, 0.717) is 5.92 Å².